The van der Waals surface area contributed by atoms with Crippen LogP contribution >= 0.6 is 0 Å². The van der Waals surface area contributed by atoms with Gasteiger partial charge in [0, 0.05) is 12.8 Å². The SMILES string of the molecule is CCCCCCCCC=CCCCCCCCC(=O)C(CCCCCCC=CCCCCCCCC)(C(=O)CCCCCCCC=CCCCCCCCC)C(=O)OC(CC(=O)O)CC(=O)O. The second kappa shape index (κ2) is 48.0. The molecule has 8 heteroatoms. The minimum Gasteiger partial charge on any atom is -0.481 e. The molecule has 8 nitrogen and oxygen atoms in total. The van der Waals surface area contributed by atoms with Gasteiger partial charge in [-0.1, -0.05) is 211 Å². The van der Waals surface area contributed by atoms with E-state index in [9.17, 15) is 34.2 Å². The lowest BCUT2D eigenvalue weighted by Gasteiger charge is -2.31. The smallest absolute Gasteiger partial charge is 0.327 e. The molecule has 0 fully saturated rings. The van der Waals surface area contributed by atoms with Crippen molar-refractivity contribution >= 4 is 29.5 Å². The Morgan fingerprint density at radius 3 is 0.910 bits per heavy atom. The number of carbonyl (C=O) groups excluding carboxylic acids is 3. The third-order valence-corrected chi connectivity index (χ3v) is 13.3. The fourth-order valence-corrected chi connectivity index (χ4v) is 8.98. The maximum absolute atomic E-state index is 14.5. The van der Waals surface area contributed by atoms with Crippen LogP contribution in [0.1, 0.15) is 297 Å². The minimum absolute atomic E-state index is 0.000380. The van der Waals surface area contributed by atoms with Crippen LogP contribution in [0.2, 0.25) is 0 Å². The van der Waals surface area contributed by atoms with Gasteiger partial charge in [-0.3, -0.25) is 24.0 Å². The Balaban J connectivity index is 5.62. The molecule has 0 saturated carbocycles. The number of hydrogen-bond donors (Lipinski definition) is 2. The molecule has 0 aliphatic heterocycles. The normalized spacial score (nSPS) is 12.8. The summed E-state index contributed by atoms with van der Waals surface area (Å²) in [4.78, 5) is 66.7. The first-order valence-corrected chi connectivity index (χ1v) is 28.3. The standard InChI is InChI=1S/C59H104O8/c1-4-7-10-13-16-19-22-25-28-30-33-36-39-42-45-48-54(60)59(58(66)67-53(51-56(62)63)52-57(64)65,50-47-44-41-38-35-32-27-24-21-18-15-12-9-6-3)55(61)49-46-43-40-37-34-31-29-26-23-20-17-14-11-8-5-2/h25-29,32,53H,4-24,30-31,33-52H2,1-3H3,(H,62,63)(H,64,65). The van der Waals surface area contributed by atoms with Crippen molar-refractivity contribution in [2.24, 2.45) is 5.41 Å². The van der Waals surface area contributed by atoms with Crippen molar-refractivity contribution in [1.29, 1.82) is 0 Å². The van der Waals surface area contributed by atoms with Crippen molar-refractivity contribution in [2.45, 2.75) is 303 Å². The van der Waals surface area contributed by atoms with Gasteiger partial charge in [-0.25, -0.2) is 0 Å². The van der Waals surface area contributed by atoms with E-state index in [1.54, 1.807) is 0 Å². The third kappa shape index (κ3) is 38.5. The number of unbranched alkanes of at least 4 members (excludes halogenated alkanes) is 32. The summed E-state index contributed by atoms with van der Waals surface area (Å²) in [7, 11) is 0. The number of ether oxygens (including phenoxy) is 1. The van der Waals surface area contributed by atoms with E-state index in [1.807, 2.05) is 0 Å². The molecule has 0 rings (SSSR count). The van der Waals surface area contributed by atoms with Gasteiger partial charge < -0.3 is 14.9 Å². The first-order chi connectivity index (χ1) is 32.6. The van der Waals surface area contributed by atoms with E-state index >= 15 is 0 Å². The zero-order valence-corrected chi connectivity index (χ0v) is 43.8. The van der Waals surface area contributed by atoms with Crippen molar-refractivity contribution in [3.05, 3.63) is 36.5 Å². The fourth-order valence-electron chi connectivity index (χ4n) is 8.98. The van der Waals surface area contributed by atoms with Gasteiger partial charge in [0.2, 0.25) is 0 Å². The molecule has 0 atom stereocenters. The molecular formula is C59H104O8. The highest BCUT2D eigenvalue weighted by atomic mass is 16.5. The molecular weight excluding hydrogens is 837 g/mol. The Bertz CT molecular complexity index is 1230. The fraction of sp³-hybridized carbons (Fsp3) is 0.814. The highest BCUT2D eigenvalue weighted by Gasteiger charge is 2.52. The van der Waals surface area contributed by atoms with Crippen LogP contribution in [0, 0.1) is 5.41 Å². The number of allylic oxidation sites excluding steroid dienone is 6. The number of carbonyl (C=O) groups is 5. The third-order valence-electron chi connectivity index (χ3n) is 13.3. The molecule has 67 heavy (non-hydrogen) atoms. The predicted octanol–water partition coefficient (Wildman–Crippen LogP) is 17.7. The summed E-state index contributed by atoms with van der Waals surface area (Å²) >= 11 is 0. The zero-order valence-electron chi connectivity index (χ0n) is 43.8. The Labute approximate surface area is 411 Å². The molecule has 0 saturated heterocycles. The second-order valence-corrected chi connectivity index (χ2v) is 19.6. The van der Waals surface area contributed by atoms with E-state index in [4.69, 9.17) is 4.74 Å². The largest absolute Gasteiger partial charge is 0.481 e. The quantitative estimate of drug-likeness (QED) is 0.0266. The maximum Gasteiger partial charge on any atom is 0.327 e. The van der Waals surface area contributed by atoms with Crippen molar-refractivity contribution in [3.63, 3.8) is 0 Å². The lowest BCUT2D eigenvalue weighted by atomic mass is 9.71. The number of aliphatic carboxylic acids is 2. The topological polar surface area (TPSA) is 135 Å². The number of hydrogen-bond acceptors (Lipinski definition) is 6. The lowest BCUT2D eigenvalue weighted by Crippen LogP contribution is -2.49. The molecule has 0 aliphatic carbocycles. The van der Waals surface area contributed by atoms with Crippen LogP contribution in [0.25, 0.3) is 0 Å². The second-order valence-electron chi connectivity index (χ2n) is 19.6. The van der Waals surface area contributed by atoms with Crippen molar-refractivity contribution in [1.82, 2.24) is 0 Å². The maximum atomic E-state index is 14.5. The first-order valence-electron chi connectivity index (χ1n) is 28.3. The number of rotatable bonds is 52. The van der Waals surface area contributed by atoms with Crippen LogP contribution in [0.15, 0.2) is 36.5 Å². The molecule has 0 unspecified atom stereocenters. The van der Waals surface area contributed by atoms with E-state index in [0.717, 1.165) is 109 Å². The molecule has 0 heterocycles. The summed E-state index contributed by atoms with van der Waals surface area (Å²) in [6.45, 7) is 6.72. The average molecular weight is 941 g/mol. The molecule has 0 aromatic heterocycles. The van der Waals surface area contributed by atoms with E-state index in [1.165, 1.54) is 116 Å². The molecule has 388 valence electrons. The molecule has 0 aromatic rings. The van der Waals surface area contributed by atoms with Gasteiger partial charge in [-0.05, 0) is 96.3 Å². The highest BCUT2D eigenvalue weighted by Crippen LogP contribution is 2.35. The van der Waals surface area contributed by atoms with Gasteiger partial charge >= 0.3 is 17.9 Å². The van der Waals surface area contributed by atoms with Crippen molar-refractivity contribution in [2.75, 3.05) is 0 Å². The van der Waals surface area contributed by atoms with Crippen LogP contribution in [-0.4, -0.2) is 45.8 Å². The Kier molecular flexibility index (Phi) is 45.8. The molecule has 2 N–H and O–H groups in total. The van der Waals surface area contributed by atoms with Crippen LogP contribution in [-0.2, 0) is 28.7 Å². The number of carboxylic acid groups (broad SMARTS) is 2. The number of ketones is 2. The van der Waals surface area contributed by atoms with Crippen LogP contribution in [0.3, 0.4) is 0 Å². The monoisotopic (exact) mass is 941 g/mol. The van der Waals surface area contributed by atoms with E-state index in [-0.39, 0.29) is 19.3 Å². The molecule has 0 aliphatic rings. The highest BCUT2D eigenvalue weighted by molar-refractivity contribution is 6.22. The van der Waals surface area contributed by atoms with E-state index < -0.39 is 53.8 Å². The van der Waals surface area contributed by atoms with Crippen LogP contribution in [0.5, 0.6) is 0 Å². The van der Waals surface area contributed by atoms with Gasteiger partial charge in [-0.15, -0.1) is 0 Å². The molecule has 0 amide bonds. The molecule has 0 radical (unpaired) electrons. The number of esters is 1. The molecule has 0 bridgehead atoms. The minimum atomic E-state index is -2.06. The lowest BCUT2D eigenvalue weighted by molar-refractivity contribution is -0.171. The van der Waals surface area contributed by atoms with Crippen molar-refractivity contribution < 1.29 is 38.9 Å². The zero-order chi connectivity index (χ0) is 49.3. The molecule has 0 spiro atoms. The van der Waals surface area contributed by atoms with Gasteiger partial charge in [0.25, 0.3) is 0 Å². The van der Waals surface area contributed by atoms with Gasteiger partial charge in [-0.2, -0.15) is 0 Å². The van der Waals surface area contributed by atoms with Gasteiger partial charge in [0.15, 0.2) is 17.0 Å². The predicted molar refractivity (Wildman–Crippen MR) is 281 cm³/mol. The van der Waals surface area contributed by atoms with Crippen molar-refractivity contribution in [3.8, 4) is 0 Å². The van der Waals surface area contributed by atoms with E-state index in [2.05, 4.69) is 57.2 Å². The first kappa shape index (κ1) is 64.0. The number of carboxylic acids is 2. The number of Topliss-reactive ketones (excluding diaryl/α,β-unsaturated/α-hetero) is 2. The summed E-state index contributed by atoms with van der Waals surface area (Å²) in [5.41, 5.74) is -2.06. The molecule has 0 aromatic carbocycles. The average Bonchev–Trinajstić information content (AvgIpc) is 3.29. The Morgan fingerprint density at radius 2 is 0.627 bits per heavy atom. The van der Waals surface area contributed by atoms with Crippen LogP contribution < -0.4 is 0 Å². The van der Waals surface area contributed by atoms with Gasteiger partial charge in [0.05, 0.1) is 12.8 Å². The van der Waals surface area contributed by atoms with Gasteiger partial charge in [0.1, 0.15) is 6.10 Å². The Morgan fingerprint density at radius 1 is 0.373 bits per heavy atom. The summed E-state index contributed by atoms with van der Waals surface area (Å²) in [5, 5.41) is 19.1. The van der Waals surface area contributed by atoms with E-state index in [0.29, 0.717) is 19.3 Å². The summed E-state index contributed by atoms with van der Waals surface area (Å²) in [5.74, 6) is -4.62. The van der Waals surface area contributed by atoms with Crippen LogP contribution in [0.4, 0.5) is 0 Å². The summed E-state index contributed by atoms with van der Waals surface area (Å²) in [6, 6.07) is 0. The summed E-state index contributed by atoms with van der Waals surface area (Å²) in [6.07, 6.45) is 52.5. The summed E-state index contributed by atoms with van der Waals surface area (Å²) < 4.78 is 5.64. The Hall–Kier alpha value is -3.03.